The van der Waals surface area contributed by atoms with Crippen LogP contribution in [0.15, 0.2) is 65.8 Å². The second-order valence-corrected chi connectivity index (χ2v) is 5.89. The smallest absolute Gasteiger partial charge is 0.191 e. The van der Waals surface area contributed by atoms with Gasteiger partial charge in [-0.05, 0) is 43.5 Å². The summed E-state index contributed by atoms with van der Waals surface area (Å²) in [6, 6.07) is 14.9. The number of rotatable bonds is 5. The first-order valence-corrected chi connectivity index (χ1v) is 8.55. The molecule has 0 saturated heterocycles. The number of aliphatic imine (C=N–C) groups is 1. The van der Waals surface area contributed by atoms with Crippen LogP contribution in [-0.2, 0) is 6.54 Å². The van der Waals surface area contributed by atoms with Crippen molar-refractivity contribution in [3.05, 3.63) is 66.4 Å². The summed E-state index contributed by atoms with van der Waals surface area (Å²) in [5.41, 5.74) is 3.30. The van der Waals surface area contributed by atoms with Gasteiger partial charge in [-0.1, -0.05) is 36.4 Å². The Morgan fingerprint density at radius 3 is 2.79 bits per heavy atom. The zero-order valence-corrected chi connectivity index (χ0v) is 14.1. The van der Waals surface area contributed by atoms with Crippen LogP contribution in [0.3, 0.4) is 0 Å². The van der Waals surface area contributed by atoms with Gasteiger partial charge in [0.25, 0.3) is 0 Å². The summed E-state index contributed by atoms with van der Waals surface area (Å²) < 4.78 is 0. The molecule has 0 aliphatic heterocycles. The van der Waals surface area contributed by atoms with Gasteiger partial charge < -0.3 is 10.6 Å². The minimum atomic E-state index is 0.461. The van der Waals surface area contributed by atoms with Crippen LogP contribution in [0.5, 0.6) is 0 Å². The number of hydrogen-bond donors (Lipinski definition) is 2. The first kappa shape index (κ1) is 16.2. The lowest BCUT2D eigenvalue weighted by atomic mass is 10.1. The van der Waals surface area contributed by atoms with Gasteiger partial charge in [-0.25, -0.2) is 4.99 Å². The van der Waals surface area contributed by atoms with E-state index in [1.807, 2.05) is 24.4 Å². The van der Waals surface area contributed by atoms with Crippen LogP contribution in [0.2, 0.25) is 0 Å². The Hall–Kier alpha value is -2.62. The fourth-order valence-corrected chi connectivity index (χ4v) is 2.78. The summed E-state index contributed by atoms with van der Waals surface area (Å²) in [6.45, 7) is 3.60. The molecule has 1 aliphatic carbocycles. The minimum Gasteiger partial charge on any atom is -0.357 e. The van der Waals surface area contributed by atoms with E-state index in [0.29, 0.717) is 12.6 Å². The number of guanidine groups is 1. The van der Waals surface area contributed by atoms with Crippen LogP contribution in [0.1, 0.15) is 25.3 Å². The molecular weight excluding hydrogens is 296 g/mol. The highest BCUT2D eigenvalue weighted by atomic mass is 15.2. The molecule has 2 aromatic rings. The quantitative estimate of drug-likeness (QED) is 0.503. The van der Waals surface area contributed by atoms with Crippen molar-refractivity contribution in [2.75, 3.05) is 6.54 Å². The molecule has 0 unspecified atom stereocenters. The van der Waals surface area contributed by atoms with Gasteiger partial charge in [0.1, 0.15) is 0 Å². The number of nitrogens with one attached hydrogen (secondary N) is 2. The van der Waals surface area contributed by atoms with E-state index in [1.165, 1.54) is 5.56 Å². The molecule has 1 aliphatic rings. The third-order valence-electron chi connectivity index (χ3n) is 4.00. The molecule has 4 nitrogen and oxygen atoms in total. The van der Waals surface area contributed by atoms with Crippen LogP contribution in [0, 0.1) is 0 Å². The monoisotopic (exact) mass is 320 g/mol. The molecule has 0 saturated carbocycles. The fraction of sp³-hybridized carbons (Fsp3) is 0.300. The lowest BCUT2D eigenvalue weighted by Crippen LogP contribution is -2.42. The lowest BCUT2D eigenvalue weighted by Gasteiger charge is -2.16. The fourth-order valence-electron chi connectivity index (χ4n) is 2.78. The standard InChI is InChI=1S/C20H24N4/c1-2-21-20(24-18-10-3-4-11-18)23-15-16-8-7-9-17(14-16)19-12-5-6-13-22-19/h3-9,12-14,18H,2,10-11,15H2,1H3,(H2,21,23,24). The average Bonchev–Trinajstić information content (AvgIpc) is 3.14. The molecule has 0 bridgehead atoms. The second-order valence-electron chi connectivity index (χ2n) is 5.89. The van der Waals surface area contributed by atoms with Crippen molar-refractivity contribution in [2.24, 2.45) is 4.99 Å². The highest BCUT2D eigenvalue weighted by Crippen LogP contribution is 2.18. The first-order valence-electron chi connectivity index (χ1n) is 8.55. The van der Waals surface area contributed by atoms with Gasteiger partial charge in [0.15, 0.2) is 5.96 Å². The Morgan fingerprint density at radius 2 is 2.04 bits per heavy atom. The van der Waals surface area contributed by atoms with Crippen molar-refractivity contribution in [3.63, 3.8) is 0 Å². The third-order valence-corrected chi connectivity index (χ3v) is 4.00. The van der Waals surface area contributed by atoms with Gasteiger partial charge in [-0.3, -0.25) is 4.98 Å². The molecule has 2 N–H and O–H groups in total. The van der Waals surface area contributed by atoms with Crippen LogP contribution in [0.4, 0.5) is 0 Å². The van der Waals surface area contributed by atoms with Gasteiger partial charge in [0, 0.05) is 24.3 Å². The first-order chi connectivity index (χ1) is 11.8. The normalized spacial score (nSPS) is 14.8. The van der Waals surface area contributed by atoms with Crippen LogP contribution >= 0.6 is 0 Å². The molecule has 0 atom stereocenters. The Balaban J connectivity index is 1.69. The van der Waals surface area contributed by atoms with Crippen molar-refractivity contribution < 1.29 is 0 Å². The van der Waals surface area contributed by atoms with Gasteiger partial charge in [-0.15, -0.1) is 0 Å². The molecule has 0 spiro atoms. The van der Waals surface area contributed by atoms with Crippen LogP contribution in [0.25, 0.3) is 11.3 Å². The Labute approximate surface area is 143 Å². The Bertz CT molecular complexity index is 699. The highest BCUT2D eigenvalue weighted by Gasteiger charge is 2.11. The molecular formula is C20H24N4. The molecule has 0 radical (unpaired) electrons. The molecule has 0 fully saturated rings. The average molecular weight is 320 g/mol. The summed E-state index contributed by atoms with van der Waals surface area (Å²) in [7, 11) is 0. The van der Waals surface area contributed by atoms with Crippen LogP contribution < -0.4 is 10.6 Å². The molecule has 3 rings (SSSR count). The highest BCUT2D eigenvalue weighted by molar-refractivity contribution is 5.80. The Morgan fingerprint density at radius 1 is 1.17 bits per heavy atom. The molecule has 24 heavy (non-hydrogen) atoms. The summed E-state index contributed by atoms with van der Waals surface area (Å²) in [4.78, 5) is 9.14. The summed E-state index contributed by atoms with van der Waals surface area (Å²) in [5.74, 6) is 0.884. The van der Waals surface area contributed by atoms with Crippen molar-refractivity contribution in [1.29, 1.82) is 0 Å². The third kappa shape index (κ3) is 4.44. The summed E-state index contributed by atoms with van der Waals surface area (Å²) in [5, 5.41) is 6.82. The van der Waals surface area contributed by atoms with E-state index in [9.17, 15) is 0 Å². The van der Waals surface area contributed by atoms with E-state index >= 15 is 0 Å². The predicted molar refractivity (Wildman–Crippen MR) is 99.8 cm³/mol. The van der Waals surface area contributed by atoms with Gasteiger partial charge in [0.2, 0.25) is 0 Å². The van der Waals surface area contributed by atoms with Crippen molar-refractivity contribution in [1.82, 2.24) is 15.6 Å². The topological polar surface area (TPSA) is 49.3 Å². The van der Waals surface area contributed by atoms with E-state index in [2.05, 4.69) is 59.0 Å². The maximum atomic E-state index is 4.73. The number of hydrogen-bond acceptors (Lipinski definition) is 2. The summed E-state index contributed by atoms with van der Waals surface area (Å²) in [6.07, 6.45) is 8.40. The van der Waals surface area contributed by atoms with E-state index in [4.69, 9.17) is 4.99 Å². The van der Waals surface area contributed by atoms with Crippen molar-refractivity contribution in [2.45, 2.75) is 32.4 Å². The van der Waals surface area contributed by atoms with E-state index in [0.717, 1.165) is 36.6 Å². The van der Waals surface area contributed by atoms with Gasteiger partial charge >= 0.3 is 0 Å². The van der Waals surface area contributed by atoms with E-state index in [1.54, 1.807) is 0 Å². The SMILES string of the molecule is CCNC(=NCc1cccc(-c2ccccn2)c1)NC1CC=CC1. The number of benzene rings is 1. The number of pyridine rings is 1. The predicted octanol–water partition coefficient (Wildman–Crippen LogP) is 3.52. The molecule has 1 aromatic carbocycles. The van der Waals surface area contributed by atoms with Crippen LogP contribution in [-0.4, -0.2) is 23.5 Å². The van der Waals surface area contributed by atoms with Gasteiger partial charge in [0.05, 0.1) is 12.2 Å². The minimum absolute atomic E-state index is 0.461. The molecule has 0 amide bonds. The number of nitrogens with zero attached hydrogens (tertiary/aromatic N) is 2. The zero-order chi connectivity index (χ0) is 16.6. The Kier molecular flexibility index (Phi) is 5.61. The zero-order valence-electron chi connectivity index (χ0n) is 14.1. The maximum Gasteiger partial charge on any atom is 0.191 e. The van der Waals surface area contributed by atoms with Crippen molar-refractivity contribution in [3.8, 4) is 11.3 Å². The summed E-state index contributed by atoms with van der Waals surface area (Å²) >= 11 is 0. The lowest BCUT2D eigenvalue weighted by molar-refractivity contribution is 0.633. The molecule has 4 heteroatoms. The van der Waals surface area contributed by atoms with Crippen molar-refractivity contribution >= 4 is 5.96 Å². The van der Waals surface area contributed by atoms with E-state index < -0.39 is 0 Å². The number of aromatic nitrogens is 1. The second kappa shape index (κ2) is 8.29. The van der Waals surface area contributed by atoms with Gasteiger partial charge in [-0.2, -0.15) is 0 Å². The maximum absolute atomic E-state index is 4.73. The largest absolute Gasteiger partial charge is 0.357 e. The molecule has 1 aromatic heterocycles. The molecule has 1 heterocycles. The van der Waals surface area contributed by atoms with E-state index in [-0.39, 0.29) is 0 Å². The molecule has 124 valence electrons.